The quantitative estimate of drug-likeness (QED) is 0.745. The van der Waals surface area contributed by atoms with E-state index in [9.17, 15) is 9.18 Å². The summed E-state index contributed by atoms with van der Waals surface area (Å²) < 4.78 is 12.7. The van der Waals surface area contributed by atoms with E-state index in [4.69, 9.17) is 5.11 Å². The van der Waals surface area contributed by atoms with E-state index in [1.54, 1.807) is 6.07 Å². The average Bonchev–Trinajstić information content (AvgIpc) is 2.57. The fourth-order valence-electron chi connectivity index (χ4n) is 1.91. The van der Waals surface area contributed by atoms with Crippen molar-refractivity contribution in [2.24, 2.45) is 0 Å². The van der Waals surface area contributed by atoms with Gasteiger partial charge in [0.2, 0.25) is 0 Å². The average molecular weight is 194 g/mol. The van der Waals surface area contributed by atoms with Gasteiger partial charge in [0.1, 0.15) is 5.78 Å². The highest BCUT2D eigenvalue weighted by molar-refractivity contribution is 5.87. The van der Waals surface area contributed by atoms with Crippen LogP contribution in [0.15, 0.2) is 18.2 Å². The van der Waals surface area contributed by atoms with Crippen LogP contribution in [-0.4, -0.2) is 10.9 Å². The highest BCUT2D eigenvalue weighted by Gasteiger charge is 2.26. The predicted molar refractivity (Wildman–Crippen MR) is 49.7 cm³/mol. The van der Waals surface area contributed by atoms with Crippen LogP contribution in [0.1, 0.15) is 30.7 Å². The number of halogens is 1. The Bertz CT molecular complexity index is 374. The first-order chi connectivity index (χ1) is 6.68. The molecule has 0 bridgehead atoms. The summed E-state index contributed by atoms with van der Waals surface area (Å²) >= 11 is 0. The second-order valence-corrected chi connectivity index (χ2v) is 3.62. The van der Waals surface area contributed by atoms with Gasteiger partial charge in [0, 0.05) is 12.3 Å². The monoisotopic (exact) mass is 194 g/mol. The Hall–Kier alpha value is -1.38. The summed E-state index contributed by atoms with van der Waals surface area (Å²) in [4.78, 5) is 11.4. The van der Waals surface area contributed by atoms with Crippen molar-refractivity contribution in [3.05, 3.63) is 29.6 Å². The SMILES string of the molecule is O=C1CCCC1c1ccc(F)c(O)c1. The number of aromatic hydroxyl groups is 1. The van der Waals surface area contributed by atoms with Crippen LogP contribution in [-0.2, 0) is 4.79 Å². The number of carbonyl (C=O) groups excluding carboxylic acids is 1. The first-order valence-corrected chi connectivity index (χ1v) is 4.69. The van der Waals surface area contributed by atoms with Gasteiger partial charge in [-0.2, -0.15) is 0 Å². The van der Waals surface area contributed by atoms with E-state index in [2.05, 4.69) is 0 Å². The predicted octanol–water partition coefficient (Wildman–Crippen LogP) is 2.37. The van der Waals surface area contributed by atoms with Gasteiger partial charge < -0.3 is 5.11 Å². The summed E-state index contributed by atoms with van der Waals surface area (Å²) in [7, 11) is 0. The highest BCUT2D eigenvalue weighted by Crippen LogP contribution is 2.33. The minimum absolute atomic E-state index is 0.138. The summed E-state index contributed by atoms with van der Waals surface area (Å²) in [6.07, 6.45) is 2.30. The Morgan fingerprint density at radius 3 is 2.79 bits per heavy atom. The lowest BCUT2D eigenvalue weighted by Crippen LogP contribution is -2.03. The molecular formula is C11H11FO2. The van der Waals surface area contributed by atoms with Crippen molar-refractivity contribution in [2.45, 2.75) is 25.2 Å². The Kier molecular flexibility index (Phi) is 2.23. The Labute approximate surface area is 81.4 Å². The molecule has 1 N–H and O–H groups in total. The first kappa shape index (κ1) is 9.19. The third-order valence-corrected chi connectivity index (χ3v) is 2.68. The number of hydrogen-bond acceptors (Lipinski definition) is 2. The van der Waals surface area contributed by atoms with Crippen LogP contribution in [0, 0.1) is 5.82 Å². The van der Waals surface area contributed by atoms with Gasteiger partial charge in [0.25, 0.3) is 0 Å². The molecule has 1 atom stereocenters. The van der Waals surface area contributed by atoms with E-state index in [0.717, 1.165) is 18.4 Å². The van der Waals surface area contributed by atoms with Crippen molar-refractivity contribution in [3.63, 3.8) is 0 Å². The molecule has 74 valence electrons. The number of Topliss-reactive ketones (excluding diaryl/α,β-unsaturated/α-hetero) is 1. The maximum Gasteiger partial charge on any atom is 0.164 e. The number of phenolic OH excluding ortho intramolecular Hbond substituents is 1. The molecule has 1 aliphatic carbocycles. The van der Waals surface area contributed by atoms with Crippen LogP contribution in [0.3, 0.4) is 0 Å². The highest BCUT2D eigenvalue weighted by atomic mass is 19.1. The summed E-state index contributed by atoms with van der Waals surface area (Å²) in [5.41, 5.74) is 0.728. The third-order valence-electron chi connectivity index (χ3n) is 2.68. The molecule has 0 saturated heterocycles. The molecule has 14 heavy (non-hydrogen) atoms. The number of rotatable bonds is 1. The van der Waals surface area contributed by atoms with Crippen LogP contribution < -0.4 is 0 Å². The molecule has 1 aliphatic rings. The van der Waals surface area contributed by atoms with Gasteiger partial charge in [-0.25, -0.2) is 4.39 Å². The van der Waals surface area contributed by atoms with Crippen molar-refractivity contribution in [1.82, 2.24) is 0 Å². The smallest absolute Gasteiger partial charge is 0.164 e. The summed E-state index contributed by atoms with van der Waals surface area (Å²) in [6.45, 7) is 0. The van der Waals surface area contributed by atoms with Crippen LogP contribution in [0.2, 0.25) is 0 Å². The largest absolute Gasteiger partial charge is 0.505 e. The van der Waals surface area contributed by atoms with E-state index < -0.39 is 5.82 Å². The number of carbonyl (C=O) groups is 1. The van der Waals surface area contributed by atoms with Crippen LogP contribution >= 0.6 is 0 Å². The Morgan fingerprint density at radius 2 is 2.21 bits per heavy atom. The summed E-state index contributed by atoms with van der Waals surface area (Å²) in [6, 6.07) is 4.13. The van der Waals surface area contributed by atoms with Crippen LogP contribution in [0.5, 0.6) is 5.75 Å². The number of hydrogen-bond donors (Lipinski definition) is 1. The molecule has 0 spiro atoms. The van der Waals surface area contributed by atoms with Crippen LogP contribution in [0.4, 0.5) is 4.39 Å². The van der Waals surface area contributed by atoms with Gasteiger partial charge in [-0.15, -0.1) is 0 Å². The zero-order valence-corrected chi connectivity index (χ0v) is 7.66. The Balaban J connectivity index is 2.32. The van der Waals surface area contributed by atoms with Gasteiger partial charge in [0.05, 0.1) is 0 Å². The summed E-state index contributed by atoms with van der Waals surface area (Å²) in [5, 5.41) is 9.16. The molecule has 1 unspecified atom stereocenters. The van der Waals surface area contributed by atoms with E-state index >= 15 is 0 Å². The zero-order valence-electron chi connectivity index (χ0n) is 7.66. The molecule has 2 nitrogen and oxygen atoms in total. The van der Waals surface area contributed by atoms with E-state index in [1.165, 1.54) is 12.1 Å². The molecule has 1 fully saturated rings. The van der Waals surface area contributed by atoms with Crippen molar-refractivity contribution >= 4 is 5.78 Å². The van der Waals surface area contributed by atoms with Crippen molar-refractivity contribution < 1.29 is 14.3 Å². The fraction of sp³-hybridized carbons (Fsp3) is 0.364. The molecular weight excluding hydrogens is 183 g/mol. The molecule has 0 aromatic heterocycles. The molecule has 1 aromatic rings. The van der Waals surface area contributed by atoms with E-state index in [0.29, 0.717) is 6.42 Å². The summed E-state index contributed by atoms with van der Waals surface area (Å²) in [5.74, 6) is -0.959. The van der Waals surface area contributed by atoms with Gasteiger partial charge in [0.15, 0.2) is 11.6 Å². The van der Waals surface area contributed by atoms with Crippen molar-refractivity contribution in [1.29, 1.82) is 0 Å². The normalized spacial score (nSPS) is 21.5. The standard InChI is InChI=1S/C11H11FO2/c12-9-5-4-7(6-11(9)14)8-2-1-3-10(8)13/h4-6,8,14H,1-3H2. The maximum absolute atomic E-state index is 12.7. The first-order valence-electron chi connectivity index (χ1n) is 4.69. The molecule has 0 aliphatic heterocycles. The second-order valence-electron chi connectivity index (χ2n) is 3.62. The Morgan fingerprint density at radius 1 is 1.43 bits per heavy atom. The number of benzene rings is 1. The minimum Gasteiger partial charge on any atom is -0.505 e. The molecule has 1 aromatic carbocycles. The molecule has 0 radical (unpaired) electrons. The minimum atomic E-state index is -0.640. The van der Waals surface area contributed by atoms with Crippen LogP contribution in [0.25, 0.3) is 0 Å². The fourth-order valence-corrected chi connectivity index (χ4v) is 1.91. The molecule has 2 rings (SSSR count). The lowest BCUT2D eigenvalue weighted by atomic mass is 9.97. The molecule has 0 heterocycles. The second kappa shape index (κ2) is 3.40. The number of phenols is 1. The lowest BCUT2D eigenvalue weighted by molar-refractivity contribution is -0.118. The zero-order chi connectivity index (χ0) is 10.1. The van der Waals surface area contributed by atoms with Gasteiger partial charge in [-0.1, -0.05) is 6.07 Å². The molecule has 0 amide bonds. The maximum atomic E-state index is 12.7. The number of ketones is 1. The topological polar surface area (TPSA) is 37.3 Å². The van der Waals surface area contributed by atoms with Gasteiger partial charge in [-0.3, -0.25) is 4.79 Å². The third kappa shape index (κ3) is 1.50. The van der Waals surface area contributed by atoms with Crippen molar-refractivity contribution in [2.75, 3.05) is 0 Å². The lowest BCUT2D eigenvalue weighted by Gasteiger charge is -2.08. The van der Waals surface area contributed by atoms with E-state index in [-0.39, 0.29) is 17.5 Å². The van der Waals surface area contributed by atoms with Crippen molar-refractivity contribution in [3.8, 4) is 5.75 Å². The van der Waals surface area contributed by atoms with E-state index in [1.807, 2.05) is 0 Å². The van der Waals surface area contributed by atoms with Gasteiger partial charge in [-0.05, 0) is 30.5 Å². The molecule has 3 heteroatoms. The van der Waals surface area contributed by atoms with Gasteiger partial charge >= 0.3 is 0 Å². The molecule has 1 saturated carbocycles.